The molecule has 0 fully saturated rings. The van der Waals surface area contributed by atoms with Crippen molar-refractivity contribution in [3.63, 3.8) is 0 Å². The van der Waals surface area contributed by atoms with Crippen molar-refractivity contribution in [2.75, 3.05) is 16.8 Å². The molecule has 0 spiro atoms. The lowest BCUT2D eigenvalue weighted by molar-refractivity contribution is 0.112. The molecule has 0 aliphatic rings. The van der Waals surface area contributed by atoms with Gasteiger partial charge in [0.2, 0.25) is 0 Å². The van der Waals surface area contributed by atoms with E-state index < -0.39 is 0 Å². The molecule has 194 valence electrons. The van der Waals surface area contributed by atoms with Gasteiger partial charge < -0.3 is 16.8 Å². The summed E-state index contributed by atoms with van der Waals surface area (Å²) in [6.45, 7) is 1.94. The lowest BCUT2D eigenvalue weighted by atomic mass is 10.0. The van der Waals surface area contributed by atoms with E-state index in [2.05, 4.69) is 20.3 Å². The smallest absolute Gasteiger partial charge is 0.153 e. The molecular formula is C28H22Cl2N8O. The number of carbonyl (C=O) groups excluding carboxylic acids is 1. The minimum Gasteiger partial charge on any atom is -0.398 e. The maximum Gasteiger partial charge on any atom is 0.153 e. The Morgan fingerprint density at radius 3 is 2.44 bits per heavy atom. The second-order valence-corrected chi connectivity index (χ2v) is 9.08. The second kappa shape index (κ2) is 12.2. The summed E-state index contributed by atoms with van der Waals surface area (Å²) in [5.74, 6) is 0.480. The molecule has 0 aliphatic carbocycles. The molecule has 0 aliphatic heterocycles. The van der Waals surface area contributed by atoms with Crippen molar-refractivity contribution < 1.29 is 4.79 Å². The fraction of sp³-hybridized carbons (Fsp3) is 0.0714. The number of hydrogen-bond acceptors (Lipinski definition) is 9. The van der Waals surface area contributed by atoms with Gasteiger partial charge in [-0.25, -0.2) is 15.0 Å². The van der Waals surface area contributed by atoms with Crippen molar-refractivity contribution in [1.29, 1.82) is 5.26 Å². The number of benzene rings is 2. The van der Waals surface area contributed by atoms with Crippen LogP contribution in [0.5, 0.6) is 0 Å². The molecule has 0 radical (unpaired) electrons. The Bertz CT molecular complexity index is 1670. The Labute approximate surface area is 234 Å². The number of rotatable bonds is 5. The molecule has 1 atom stereocenters. The van der Waals surface area contributed by atoms with Gasteiger partial charge in [0.1, 0.15) is 29.6 Å². The molecule has 0 saturated carbocycles. The number of anilines is 3. The van der Waals surface area contributed by atoms with Crippen LogP contribution in [0.2, 0.25) is 10.0 Å². The van der Waals surface area contributed by atoms with Gasteiger partial charge in [0, 0.05) is 27.9 Å². The monoisotopic (exact) mass is 556 g/mol. The third kappa shape index (κ3) is 6.04. The van der Waals surface area contributed by atoms with Crippen LogP contribution in [0.4, 0.5) is 17.3 Å². The summed E-state index contributed by atoms with van der Waals surface area (Å²) in [5, 5.41) is 14.5. The van der Waals surface area contributed by atoms with Crippen LogP contribution in [-0.4, -0.2) is 26.2 Å². The quantitative estimate of drug-likeness (QED) is 0.172. The zero-order valence-electron chi connectivity index (χ0n) is 20.6. The minimum absolute atomic E-state index is 0.125. The predicted octanol–water partition coefficient (Wildman–Crippen LogP) is 6.10. The number of hydrogen-bond donors (Lipinski definition) is 3. The summed E-state index contributed by atoms with van der Waals surface area (Å²) in [7, 11) is 0. The van der Waals surface area contributed by atoms with E-state index in [-0.39, 0.29) is 17.4 Å². The Morgan fingerprint density at radius 1 is 1.00 bits per heavy atom. The van der Waals surface area contributed by atoms with E-state index in [9.17, 15) is 10.1 Å². The predicted molar refractivity (Wildman–Crippen MR) is 154 cm³/mol. The average molecular weight is 557 g/mol. The number of nitrogens with two attached hydrogens (primary N) is 2. The molecule has 3 heterocycles. The molecule has 5 N–H and O–H groups in total. The van der Waals surface area contributed by atoms with Crippen LogP contribution in [0.25, 0.3) is 22.2 Å². The highest BCUT2D eigenvalue weighted by Gasteiger charge is 2.19. The summed E-state index contributed by atoms with van der Waals surface area (Å²) < 4.78 is 0. The maximum absolute atomic E-state index is 10.3. The fourth-order valence-electron chi connectivity index (χ4n) is 3.80. The van der Waals surface area contributed by atoms with Gasteiger partial charge in [0.05, 0.1) is 33.5 Å². The molecule has 5 rings (SSSR count). The van der Waals surface area contributed by atoms with Gasteiger partial charge in [-0.3, -0.25) is 9.78 Å². The van der Waals surface area contributed by atoms with Crippen molar-refractivity contribution in [2.24, 2.45) is 0 Å². The van der Waals surface area contributed by atoms with Crippen LogP contribution in [0.3, 0.4) is 0 Å². The summed E-state index contributed by atoms with van der Waals surface area (Å²) >= 11 is 12.0. The Balaban J connectivity index is 0.000000298. The highest BCUT2D eigenvalue weighted by molar-refractivity contribution is 6.35. The second-order valence-electron chi connectivity index (χ2n) is 8.26. The molecule has 0 amide bonds. The van der Waals surface area contributed by atoms with Gasteiger partial charge in [0.15, 0.2) is 6.29 Å². The van der Waals surface area contributed by atoms with Crippen LogP contribution in [0.15, 0.2) is 73.2 Å². The van der Waals surface area contributed by atoms with Gasteiger partial charge in [-0.15, -0.1) is 0 Å². The first-order valence-corrected chi connectivity index (χ1v) is 12.4. The highest BCUT2D eigenvalue weighted by atomic mass is 35.5. The van der Waals surface area contributed by atoms with Crippen molar-refractivity contribution >= 4 is 57.7 Å². The van der Waals surface area contributed by atoms with Crippen molar-refractivity contribution in [3.05, 3.63) is 100 Å². The first kappa shape index (κ1) is 27.3. The van der Waals surface area contributed by atoms with Gasteiger partial charge in [-0.2, -0.15) is 5.26 Å². The SMILES string of the molecule is C[C@@H](Nc1ncnc(N)c1C#N)c1nc2cccc(Cl)c2cc1-c1ccccn1.Nc1cccc(Cl)c1C=O. The number of carbonyl (C=O) groups is 1. The number of pyridine rings is 2. The number of aromatic nitrogens is 4. The summed E-state index contributed by atoms with van der Waals surface area (Å²) in [5.41, 5.74) is 15.3. The third-order valence-electron chi connectivity index (χ3n) is 5.73. The van der Waals surface area contributed by atoms with E-state index in [1.165, 1.54) is 6.33 Å². The third-order valence-corrected chi connectivity index (χ3v) is 6.39. The summed E-state index contributed by atoms with van der Waals surface area (Å²) in [6, 6.07) is 20.0. The minimum atomic E-state index is -0.295. The lowest BCUT2D eigenvalue weighted by Crippen LogP contribution is -2.14. The van der Waals surface area contributed by atoms with E-state index >= 15 is 0 Å². The number of aldehydes is 1. The topological polar surface area (TPSA) is 156 Å². The average Bonchev–Trinajstić information content (AvgIpc) is 2.94. The largest absolute Gasteiger partial charge is 0.398 e. The molecule has 0 bridgehead atoms. The van der Waals surface area contributed by atoms with Crippen molar-refractivity contribution in [3.8, 4) is 17.3 Å². The summed E-state index contributed by atoms with van der Waals surface area (Å²) in [4.78, 5) is 27.6. The van der Waals surface area contributed by atoms with E-state index in [1.54, 1.807) is 24.4 Å². The lowest BCUT2D eigenvalue weighted by Gasteiger charge is -2.19. The van der Waals surface area contributed by atoms with Gasteiger partial charge >= 0.3 is 0 Å². The zero-order chi connectivity index (χ0) is 27.9. The maximum atomic E-state index is 10.3. The molecule has 9 nitrogen and oxygen atoms in total. The molecular weight excluding hydrogens is 535 g/mol. The standard InChI is InChI=1S/C21H16ClN7.C7H6ClNO/c1-12(28-21-15(10-23)20(24)26-11-27-21)19-14(17-6-2-3-8-25-17)9-13-16(22)5-4-7-18(13)29-19;8-6-2-1-3-7(9)5(6)4-10/h2-9,11-12H,1H3,(H3,24,26,27,28);1-4H,9H2/t12-;/m1./s1. The number of fused-ring (bicyclic) bond motifs is 1. The zero-order valence-corrected chi connectivity index (χ0v) is 22.1. The van der Waals surface area contributed by atoms with E-state index in [0.717, 1.165) is 27.9 Å². The molecule has 2 aromatic carbocycles. The molecule has 0 saturated heterocycles. The van der Waals surface area contributed by atoms with E-state index in [1.807, 2.05) is 55.5 Å². The van der Waals surface area contributed by atoms with Crippen LogP contribution in [-0.2, 0) is 0 Å². The molecule has 11 heteroatoms. The Morgan fingerprint density at radius 2 is 1.77 bits per heavy atom. The summed E-state index contributed by atoms with van der Waals surface area (Å²) in [6.07, 6.45) is 3.70. The first-order valence-electron chi connectivity index (χ1n) is 11.6. The van der Waals surface area contributed by atoms with Crippen molar-refractivity contribution in [1.82, 2.24) is 19.9 Å². The van der Waals surface area contributed by atoms with Gasteiger partial charge in [-0.05, 0) is 49.4 Å². The Hall–Kier alpha value is -4.78. The number of nitriles is 1. The fourth-order valence-corrected chi connectivity index (χ4v) is 4.25. The highest BCUT2D eigenvalue weighted by Crippen LogP contribution is 2.33. The molecule has 39 heavy (non-hydrogen) atoms. The van der Waals surface area contributed by atoms with Gasteiger partial charge in [-0.1, -0.05) is 41.4 Å². The van der Waals surface area contributed by atoms with Crippen LogP contribution >= 0.6 is 23.2 Å². The van der Waals surface area contributed by atoms with Crippen LogP contribution < -0.4 is 16.8 Å². The normalized spacial score (nSPS) is 11.1. The molecule has 3 aromatic heterocycles. The number of nitrogens with zero attached hydrogens (tertiary/aromatic N) is 5. The molecule has 5 aromatic rings. The number of nitrogens with one attached hydrogen (secondary N) is 1. The van der Waals surface area contributed by atoms with Crippen molar-refractivity contribution in [2.45, 2.75) is 13.0 Å². The van der Waals surface area contributed by atoms with Crippen LogP contribution in [0, 0.1) is 11.3 Å². The number of nitrogen functional groups attached to an aromatic ring is 2. The van der Waals surface area contributed by atoms with E-state index in [0.29, 0.717) is 33.4 Å². The first-order chi connectivity index (χ1) is 18.8. The van der Waals surface area contributed by atoms with Gasteiger partial charge in [0.25, 0.3) is 0 Å². The number of halogens is 2. The van der Waals surface area contributed by atoms with Crippen LogP contribution in [0.1, 0.15) is 34.6 Å². The Kier molecular flexibility index (Phi) is 8.51. The van der Waals surface area contributed by atoms with E-state index in [4.69, 9.17) is 39.7 Å². The molecule has 0 unspecified atom stereocenters.